The van der Waals surface area contributed by atoms with E-state index >= 15 is 0 Å². The first-order valence-electron chi connectivity index (χ1n) is 6.66. The van der Waals surface area contributed by atoms with Crippen LogP contribution < -0.4 is 0 Å². The molecule has 0 saturated carbocycles. The molecule has 0 spiro atoms. The highest BCUT2D eigenvalue weighted by atomic mass is 16.6. The largest absolute Gasteiger partial charge is 0.395 e. The van der Waals surface area contributed by atoms with E-state index in [2.05, 4.69) is 0 Å². The molecule has 0 unspecified atom stereocenters. The molecule has 0 aromatic heterocycles. The van der Waals surface area contributed by atoms with Gasteiger partial charge >= 0.3 is 0 Å². The third kappa shape index (κ3) is 4.03. The molecule has 1 aromatic rings. The average molecular weight is 280 g/mol. The van der Waals surface area contributed by atoms with Crippen molar-refractivity contribution in [3.63, 3.8) is 0 Å². The highest BCUT2D eigenvalue weighted by molar-refractivity contribution is 5.96. The number of nitrogens with zero attached hydrogens (tertiary/aromatic N) is 2. The summed E-state index contributed by atoms with van der Waals surface area (Å²) >= 11 is 0. The maximum Gasteiger partial charge on any atom is 0.270 e. The SMILES string of the molecule is CCCCN(CCO)C(=O)c1cc([N+](=O)[O-])ccc1C. The molecule has 20 heavy (non-hydrogen) atoms. The predicted octanol–water partition coefficient (Wildman–Crippen LogP) is 2.14. The number of carbonyl (C=O) groups is 1. The average Bonchev–Trinajstić information content (AvgIpc) is 2.43. The minimum Gasteiger partial charge on any atom is -0.395 e. The van der Waals surface area contributed by atoms with E-state index in [1.165, 1.54) is 17.0 Å². The predicted molar refractivity (Wildman–Crippen MR) is 75.7 cm³/mol. The molecule has 0 aliphatic rings. The fourth-order valence-electron chi connectivity index (χ4n) is 1.91. The lowest BCUT2D eigenvalue weighted by Crippen LogP contribution is -2.34. The fraction of sp³-hybridized carbons (Fsp3) is 0.500. The van der Waals surface area contributed by atoms with Gasteiger partial charge in [-0.1, -0.05) is 19.4 Å². The normalized spacial score (nSPS) is 10.3. The van der Waals surface area contributed by atoms with Crippen LogP contribution in [0.5, 0.6) is 0 Å². The highest BCUT2D eigenvalue weighted by Gasteiger charge is 2.19. The number of benzene rings is 1. The Morgan fingerprint density at radius 1 is 1.40 bits per heavy atom. The van der Waals surface area contributed by atoms with Crippen molar-refractivity contribution in [2.75, 3.05) is 19.7 Å². The van der Waals surface area contributed by atoms with Gasteiger partial charge < -0.3 is 10.0 Å². The molecular weight excluding hydrogens is 260 g/mol. The van der Waals surface area contributed by atoms with Crippen molar-refractivity contribution in [1.29, 1.82) is 0 Å². The minimum absolute atomic E-state index is 0.0987. The first kappa shape index (κ1) is 16.1. The van der Waals surface area contributed by atoms with Crippen molar-refractivity contribution in [3.05, 3.63) is 39.4 Å². The smallest absolute Gasteiger partial charge is 0.270 e. The van der Waals surface area contributed by atoms with Crippen LogP contribution in [0.25, 0.3) is 0 Å². The van der Waals surface area contributed by atoms with Crippen molar-refractivity contribution in [2.45, 2.75) is 26.7 Å². The number of unbranched alkanes of at least 4 members (excludes halogenated alkanes) is 1. The Morgan fingerprint density at radius 3 is 2.65 bits per heavy atom. The van der Waals surface area contributed by atoms with Gasteiger partial charge in [0.05, 0.1) is 11.5 Å². The van der Waals surface area contributed by atoms with Gasteiger partial charge in [0, 0.05) is 30.8 Å². The number of rotatable bonds is 7. The number of amides is 1. The second-order valence-electron chi connectivity index (χ2n) is 4.63. The molecule has 1 aromatic carbocycles. The maximum absolute atomic E-state index is 12.4. The molecule has 0 aliphatic heterocycles. The van der Waals surface area contributed by atoms with Gasteiger partial charge in [-0.15, -0.1) is 0 Å². The van der Waals surface area contributed by atoms with E-state index in [4.69, 9.17) is 5.11 Å². The van der Waals surface area contributed by atoms with Crippen molar-refractivity contribution in [3.8, 4) is 0 Å². The molecule has 0 bridgehead atoms. The Kier molecular flexibility index (Phi) is 6.11. The molecule has 0 radical (unpaired) electrons. The summed E-state index contributed by atoms with van der Waals surface area (Å²) < 4.78 is 0. The Morgan fingerprint density at radius 2 is 2.10 bits per heavy atom. The topological polar surface area (TPSA) is 83.7 Å². The number of hydrogen-bond donors (Lipinski definition) is 1. The van der Waals surface area contributed by atoms with Gasteiger partial charge in [-0.2, -0.15) is 0 Å². The first-order chi connectivity index (χ1) is 9.51. The summed E-state index contributed by atoms with van der Waals surface area (Å²) in [7, 11) is 0. The zero-order valence-electron chi connectivity index (χ0n) is 11.8. The van der Waals surface area contributed by atoms with Crippen LogP contribution in [0.2, 0.25) is 0 Å². The summed E-state index contributed by atoms with van der Waals surface area (Å²) in [5.74, 6) is -0.270. The van der Waals surface area contributed by atoms with Gasteiger partial charge in [-0.05, 0) is 18.9 Å². The van der Waals surface area contributed by atoms with Crippen LogP contribution in [0.1, 0.15) is 35.7 Å². The van der Waals surface area contributed by atoms with E-state index < -0.39 is 4.92 Å². The first-order valence-corrected chi connectivity index (χ1v) is 6.66. The Bertz CT molecular complexity index is 488. The second kappa shape index (κ2) is 7.59. The van der Waals surface area contributed by atoms with Crippen LogP contribution in [-0.4, -0.2) is 40.5 Å². The molecule has 0 saturated heterocycles. The van der Waals surface area contributed by atoms with E-state index in [9.17, 15) is 14.9 Å². The van der Waals surface area contributed by atoms with E-state index in [1.54, 1.807) is 13.0 Å². The summed E-state index contributed by atoms with van der Waals surface area (Å²) in [6.07, 6.45) is 1.77. The van der Waals surface area contributed by atoms with Gasteiger partial charge in [0.25, 0.3) is 11.6 Å². The van der Waals surface area contributed by atoms with Gasteiger partial charge in [0.2, 0.25) is 0 Å². The van der Waals surface area contributed by atoms with E-state index in [0.29, 0.717) is 17.7 Å². The van der Waals surface area contributed by atoms with Crippen LogP contribution in [0, 0.1) is 17.0 Å². The van der Waals surface area contributed by atoms with Gasteiger partial charge in [-0.3, -0.25) is 14.9 Å². The fourth-order valence-corrected chi connectivity index (χ4v) is 1.91. The van der Waals surface area contributed by atoms with E-state index in [0.717, 1.165) is 12.8 Å². The summed E-state index contributed by atoms with van der Waals surface area (Å²) in [4.78, 5) is 24.2. The molecule has 0 heterocycles. The minimum atomic E-state index is -0.515. The molecule has 0 atom stereocenters. The number of aliphatic hydroxyl groups is 1. The lowest BCUT2D eigenvalue weighted by atomic mass is 10.1. The van der Waals surface area contributed by atoms with Crippen molar-refractivity contribution < 1.29 is 14.8 Å². The number of nitro groups is 1. The molecule has 0 aliphatic carbocycles. The lowest BCUT2D eigenvalue weighted by molar-refractivity contribution is -0.384. The van der Waals surface area contributed by atoms with Crippen molar-refractivity contribution in [2.24, 2.45) is 0 Å². The van der Waals surface area contributed by atoms with Crippen LogP contribution in [-0.2, 0) is 0 Å². The number of carbonyl (C=O) groups excluding carboxylic acids is 1. The van der Waals surface area contributed by atoms with Gasteiger partial charge in [0.15, 0.2) is 0 Å². The molecule has 1 N–H and O–H groups in total. The monoisotopic (exact) mass is 280 g/mol. The number of non-ortho nitro benzene ring substituents is 1. The standard InChI is InChI=1S/C14H20N2O4/c1-3-4-7-15(8-9-17)14(18)13-10-12(16(19)20)6-5-11(13)2/h5-6,10,17H,3-4,7-9H2,1-2H3. The second-order valence-corrected chi connectivity index (χ2v) is 4.63. The summed E-state index contributed by atoms with van der Waals surface area (Å²) in [5.41, 5.74) is 0.919. The van der Waals surface area contributed by atoms with Crippen LogP contribution in [0.4, 0.5) is 5.69 Å². The maximum atomic E-state index is 12.4. The molecule has 1 amide bonds. The molecule has 6 heteroatoms. The number of nitro benzene ring substituents is 1. The highest BCUT2D eigenvalue weighted by Crippen LogP contribution is 2.19. The quantitative estimate of drug-likeness (QED) is 0.612. The van der Waals surface area contributed by atoms with Crippen molar-refractivity contribution >= 4 is 11.6 Å². The Hall–Kier alpha value is -1.95. The summed E-state index contributed by atoms with van der Waals surface area (Å²) in [6.45, 7) is 4.41. The molecule has 6 nitrogen and oxygen atoms in total. The van der Waals surface area contributed by atoms with E-state index in [-0.39, 0.29) is 24.7 Å². The molecular formula is C14H20N2O4. The zero-order chi connectivity index (χ0) is 15.1. The third-order valence-corrected chi connectivity index (χ3v) is 3.10. The van der Waals surface area contributed by atoms with Crippen LogP contribution in [0.15, 0.2) is 18.2 Å². The van der Waals surface area contributed by atoms with Gasteiger partial charge in [-0.25, -0.2) is 0 Å². The third-order valence-electron chi connectivity index (χ3n) is 3.10. The molecule has 110 valence electrons. The molecule has 0 fully saturated rings. The van der Waals surface area contributed by atoms with Gasteiger partial charge in [0.1, 0.15) is 0 Å². The number of hydrogen-bond acceptors (Lipinski definition) is 4. The lowest BCUT2D eigenvalue weighted by Gasteiger charge is -2.22. The molecule has 1 rings (SSSR count). The zero-order valence-corrected chi connectivity index (χ0v) is 11.8. The van der Waals surface area contributed by atoms with Crippen LogP contribution in [0.3, 0.4) is 0 Å². The number of aryl methyl sites for hydroxylation is 1. The Balaban J connectivity index is 3.03. The van der Waals surface area contributed by atoms with E-state index in [1.807, 2.05) is 6.92 Å². The van der Waals surface area contributed by atoms with Crippen molar-refractivity contribution in [1.82, 2.24) is 4.90 Å². The van der Waals surface area contributed by atoms with Crippen LogP contribution >= 0.6 is 0 Å². The summed E-state index contributed by atoms with van der Waals surface area (Å²) in [5, 5.41) is 19.8. The Labute approximate surface area is 118 Å². The number of aliphatic hydroxyl groups excluding tert-OH is 1. The summed E-state index contributed by atoms with van der Waals surface area (Å²) in [6, 6.07) is 4.25.